The Kier molecular flexibility index (Phi) is 5.88. The molecule has 1 saturated carbocycles. The maximum Gasteiger partial charge on any atom is 0.319 e. The normalized spacial score (nSPS) is 24.9. The average molecular weight is 593 g/mol. The molecule has 12 heteroatoms. The molecule has 2 atom stereocenters. The van der Waals surface area contributed by atoms with Gasteiger partial charge in [-0.15, -0.1) is 0 Å². The van der Waals surface area contributed by atoms with Crippen LogP contribution >= 0.6 is 11.6 Å². The maximum atomic E-state index is 16.6. The first kappa shape index (κ1) is 26.1. The second kappa shape index (κ2) is 9.47. The third kappa shape index (κ3) is 4.04. The fourth-order valence-corrected chi connectivity index (χ4v) is 7.94. The van der Waals surface area contributed by atoms with Crippen molar-refractivity contribution in [3.8, 4) is 23.0 Å². The first-order valence-corrected chi connectivity index (χ1v) is 15.1. The van der Waals surface area contributed by atoms with Gasteiger partial charge in [0.2, 0.25) is 11.8 Å². The van der Waals surface area contributed by atoms with Crippen molar-refractivity contribution < 1.29 is 23.8 Å². The summed E-state index contributed by atoms with van der Waals surface area (Å²) in [5.74, 6) is -1.78. The molecule has 42 heavy (non-hydrogen) atoms. The monoisotopic (exact) mass is 592 g/mol. The van der Waals surface area contributed by atoms with Crippen LogP contribution < -0.4 is 15.0 Å². The van der Waals surface area contributed by atoms with E-state index in [0.717, 1.165) is 57.2 Å². The number of nitrogens with one attached hydrogen (secondary N) is 1. The minimum atomic E-state index is -0.667. The maximum absolute atomic E-state index is 16.6. The van der Waals surface area contributed by atoms with E-state index in [0.29, 0.717) is 28.4 Å². The highest BCUT2D eigenvalue weighted by Crippen LogP contribution is 2.49. The zero-order valence-corrected chi connectivity index (χ0v) is 23.7. The highest BCUT2D eigenvalue weighted by atomic mass is 35.5. The van der Waals surface area contributed by atoms with Crippen LogP contribution in [-0.4, -0.2) is 75.1 Å². The number of carbonyl (C=O) groups excluding carboxylic acids is 2. The minimum Gasteiger partial charge on any atom is -0.508 e. The summed E-state index contributed by atoms with van der Waals surface area (Å²) < 4.78 is 22.8. The zero-order chi connectivity index (χ0) is 28.7. The van der Waals surface area contributed by atoms with Crippen LogP contribution in [0.2, 0.25) is 5.02 Å². The molecule has 1 aliphatic carbocycles. The van der Waals surface area contributed by atoms with Gasteiger partial charge in [-0.1, -0.05) is 11.6 Å². The Hall–Kier alpha value is -3.57. The van der Waals surface area contributed by atoms with Crippen LogP contribution in [0.1, 0.15) is 50.0 Å². The van der Waals surface area contributed by atoms with Crippen molar-refractivity contribution in [1.29, 1.82) is 0 Å². The Morgan fingerprint density at radius 3 is 2.50 bits per heavy atom. The molecule has 8 rings (SSSR count). The van der Waals surface area contributed by atoms with E-state index in [1.54, 1.807) is 0 Å². The molecule has 5 aliphatic rings. The molecule has 2 aromatic heterocycles. The fraction of sp³-hybridized carbons (Fsp3) is 0.500. The summed E-state index contributed by atoms with van der Waals surface area (Å²) in [5.41, 5.74) is 1.22. The number of halogens is 2. The number of rotatable bonds is 6. The molecule has 5 fully saturated rings. The Labute approximate surface area is 246 Å². The third-order valence-electron chi connectivity index (χ3n) is 9.82. The van der Waals surface area contributed by atoms with Gasteiger partial charge in [-0.2, -0.15) is 9.97 Å². The highest BCUT2D eigenvalue weighted by molar-refractivity contribution is 6.32. The summed E-state index contributed by atoms with van der Waals surface area (Å²) >= 11 is 6.52. The molecule has 4 saturated heterocycles. The molecular formula is C30H30ClFN6O4. The van der Waals surface area contributed by atoms with E-state index in [-0.39, 0.29) is 59.3 Å². The lowest BCUT2D eigenvalue weighted by atomic mass is 9.95. The van der Waals surface area contributed by atoms with Crippen molar-refractivity contribution >= 4 is 40.1 Å². The first-order chi connectivity index (χ1) is 20.3. The van der Waals surface area contributed by atoms with Crippen molar-refractivity contribution in [3.63, 3.8) is 0 Å². The fourth-order valence-electron chi connectivity index (χ4n) is 7.58. The van der Waals surface area contributed by atoms with Gasteiger partial charge in [0.1, 0.15) is 29.4 Å². The number of hydrogen-bond donors (Lipinski definition) is 2. The number of phenols is 1. The average Bonchev–Trinajstić information content (AvgIpc) is 3.26. The number of ether oxygens (including phenoxy) is 1. The third-order valence-corrected chi connectivity index (χ3v) is 10.1. The molecule has 2 amide bonds. The topological polar surface area (TPSA) is 121 Å². The van der Waals surface area contributed by atoms with E-state index in [1.165, 1.54) is 18.3 Å². The summed E-state index contributed by atoms with van der Waals surface area (Å²) in [5, 5.41) is 13.5. The number of benzene rings is 1. The number of pyridine rings is 1. The van der Waals surface area contributed by atoms with Crippen LogP contribution in [0.15, 0.2) is 18.3 Å². The summed E-state index contributed by atoms with van der Waals surface area (Å²) in [6.07, 6.45) is 7.67. The number of aromatic hydroxyl groups is 1. The molecule has 10 nitrogen and oxygen atoms in total. The number of aromatic nitrogens is 3. The molecule has 0 bridgehead atoms. The van der Waals surface area contributed by atoms with E-state index in [4.69, 9.17) is 21.3 Å². The molecule has 3 aromatic rings. The van der Waals surface area contributed by atoms with E-state index >= 15 is 4.39 Å². The van der Waals surface area contributed by atoms with Crippen LogP contribution in [0, 0.1) is 17.7 Å². The Morgan fingerprint density at radius 1 is 1.10 bits per heavy atom. The molecule has 6 heterocycles. The predicted molar refractivity (Wildman–Crippen MR) is 152 cm³/mol. The number of carbonyl (C=O) groups is 2. The molecule has 0 radical (unpaired) electrons. The first-order valence-electron chi connectivity index (χ1n) is 14.7. The molecular weight excluding hydrogens is 563 g/mol. The van der Waals surface area contributed by atoms with Crippen molar-refractivity contribution in [2.45, 2.75) is 50.0 Å². The Morgan fingerprint density at radius 2 is 1.81 bits per heavy atom. The highest BCUT2D eigenvalue weighted by Gasteiger charge is 2.49. The van der Waals surface area contributed by atoms with Gasteiger partial charge in [-0.25, -0.2) is 4.39 Å². The van der Waals surface area contributed by atoms with Crippen molar-refractivity contribution in [2.24, 2.45) is 11.8 Å². The van der Waals surface area contributed by atoms with E-state index in [1.807, 2.05) is 4.90 Å². The number of phenolic OH excluding ortho intramolecular Hbond substituents is 1. The SMILES string of the molecule is O=C1NC(=O)C2CN(c3nc(OCC45CCCN4CCC5)nc4c(F)c(-c5cc(O)cc(Cl)c5C5CC5)ncc34)CC12. The summed E-state index contributed by atoms with van der Waals surface area (Å²) in [7, 11) is 0. The molecule has 0 spiro atoms. The summed E-state index contributed by atoms with van der Waals surface area (Å²) in [4.78, 5) is 42.9. The molecule has 4 aliphatic heterocycles. The van der Waals surface area contributed by atoms with E-state index in [2.05, 4.69) is 20.2 Å². The lowest BCUT2D eigenvalue weighted by Gasteiger charge is -2.31. The van der Waals surface area contributed by atoms with E-state index in [9.17, 15) is 14.7 Å². The van der Waals surface area contributed by atoms with Crippen LogP contribution in [0.4, 0.5) is 10.2 Å². The van der Waals surface area contributed by atoms with E-state index < -0.39 is 17.7 Å². The second-order valence-electron chi connectivity index (χ2n) is 12.4. The minimum absolute atomic E-state index is 0.0289. The van der Waals surface area contributed by atoms with Gasteiger partial charge in [0, 0.05) is 29.9 Å². The van der Waals surface area contributed by atoms with Gasteiger partial charge in [0.15, 0.2) is 5.82 Å². The Bertz CT molecular complexity index is 1630. The van der Waals surface area contributed by atoms with Crippen molar-refractivity contribution in [2.75, 3.05) is 37.7 Å². The number of imide groups is 1. The zero-order valence-electron chi connectivity index (χ0n) is 22.9. The van der Waals surface area contributed by atoms with Gasteiger partial charge < -0.3 is 14.7 Å². The van der Waals surface area contributed by atoms with Crippen LogP contribution in [0.5, 0.6) is 11.8 Å². The molecule has 2 N–H and O–H groups in total. The van der Waals surface area contributed by atoms with Gasteiger partial charge in [-0.3, -0.25) is 24.8 Å². The summed E-state index contributed by atoms with van der Waals surface area (Å²) in [6, 6.07) is 3.02. The van der Waals surface area contributed by atoms with Crippen molar-refractivity contribution in [3.05, 3.63) is 34.7 Å². The number of fused-ring (bicyclic) bond motifs is 3. The smallest absolute Gasteiger partial charge is 0.319 e. The lowest BCUT2D eigenvalue weighted by molar-refractivity contribution is -0.126. The second-order valence-corrected chi connectivity index (χ2v) is 12.8. The number of hydrogen-bond acceptors (Lipinski definition) is 9. The molecule has 1 aromatic carbocycles. The predicted octanol–water partition coefficient (Wildman–Crippen LogP) is 3.78. The quantitative estimate of drug-likeness (QED) is 0.412. The van der Waals surface area contributed by atoms with Gasteiger partial charge in [0.25, 0.3) is 0 Å². The van der Waals surface area contributed by atoms with Gasteiger partial charge >= 0.3 is 6.01 Å². The molecule has 218 valence electrons. The van der Waals surface area contributed by atoms with Crippen molar-refractivity contribution in [1.82, 2.24) is 25.2 Å². The number of amides is 2. The van der Waals surface area contributed by atoms with Gasteiger partial charge in [-0.05, 0) is 75.2 Å². The van der Waals surface area contributed by atoms with Crippen LogP contribution in [-0.2, 0) is 9.59 Å². The molecule has 2 unspecified atom stereocenters. The lowest BCUT2D eigenvalue weighted by Crippen LogP contribution is -2.43. The van der Waals surface area contributed by atoms with Crippen LogP contribution in [0.3, 0.4) is 0 Å². The summed E-state index contributed by atoms with van der Waals surface area (Å²) in [6.45, 7) is 3.02. The Balaban J connectivity index is 1.24. The van der Waals surface area contributed by atoms with Crippen LogP contribution in [0.25, 0.3) is 22.2 Å². The standard InChI is InChI=1S/C30H30ClFN6O4/c31-21-10-16(39)9-17(22(21)15-3-4-15)24-23(32)25-18(11-33-24)26(37-12-19-20(13-37)28(41)36-27(19)40)35-29(34-25)42-14-30-5-1-7-38(30)8-2-6-30/h9-11,15,19-20,39H,1-8,12-14H2,(H,36,40,41). The van der Waals surface area contributed by atoms with Gasteiger partial charge in [0.05, 0.1) is 22.8 Å². The largest absolute Gasteiger partial charge is 0.508 e. The number of anilines is 1. The number of nitrogens with zero attached hydrogens (tertiary/aromatic N) is 5.